The molecule has 7 nitrogen and oxygen atoms in total. The number of carbonyl (C=O) groups is 3. The second-order valence-electron chi connectivity index (χ2n) is 6.50. The molecule has 0 fully saturated rings. The van der Waals surface area contributed by atoms with Crippen molar-refractivity contribution in [3.63, 3.8) is 0 Å². The van der Waals surface area contributed by atoms with Crippen molar-refractivity contribution in [2.75, 3.05) is 22.1 Å². The molecular weight excluding hydrogens is 358 g/mol. The first-order chi connectivity index (χ1) is 13.4. The van der Waals surface area contributed by atoms with Gasteiger partial charge in [0.05, 0.1) is 5.56 Å². The monoisotopic (exact) mass is 379 g/mol. The number of fused-ring (bicyclic) bond motifs is 1. The Morgan fingerprint density at radius 1 is 1.11 bits per heavy atom. The second kappa shape index (κ2) is 7.96. The Bertz CT molecular complexity index is 968. The second-order valence-corrected chi connectivity index (χ2v) is 6.50. The highest BCUT2D eigenvalue weighted by molar-refractivity contribution is 6.08. The van der Waals surface area contributed by atoms with E-state index in [0.29, 0.717) is 17.9 Å². The summed E-state index contributed by atoms with van der Waals surface area (Å²) in [6.07, 6.45) is 2.79. The zero-order valence-electron chi connectivity index (χ0n) is 15.5. The third-order valence-electron chi connectivity index (χ3n) is 4.53. The summed E-state index contributed by atoms with van der Waals surface area (Å²) in [5.41, 5.74) is 2.80. The molecule has 0 unspecified atom stereocenters. The van der Waals surface area contributed by atoms with Crippen molar-refractivity contribution in [2.45, 2.75) is 19.8 Å². The maximum atomic E-state index is 12.6. The van der Waals surface area contributed by atoms with Gasteiger partial charge in [-0.15, -0.1) is 0 Å². The molecule has 2 aromatic rings. The third kappa shape index (κ3) is 4.03. The van der Waals surface area contributed by atoms with E-state index in [-0.39, 0.29) is 17.2 Å². The molecule has 28 heavy (non-hydrogen) atoms. The van der Waals surface area contributed by atoms with Gasteiger partial charge in [-0.05, 0) is 60.9 Å². The number of benzene rings is 2. The van der Waals surface area contributed by atoms with Crippen LogP contribution in [0, 0.1) is 0 Å². The Morgan fingerprint density at radius 2 is 1.82 bits per heavy atom. The van der Waals surface area contributed by atoms with E-state index in [4.69, 9.17) is 0 Å². The van der Waals surface area contributed by atoms with Crippen molar-refractivity contribution in [1.29, 1.82) is 0 Å². The van der Waals surface area contributed by atoms with Crippen LogP contribution in [0.4, 0.5) is 17.1 Å². The lowest BCUT2D eigenvalue weighted by atomic mass is 10.0. The van der Waals surface area contributed by atoms with Gasteiger partial charge in [-0.3, -0.25) is 14.4 Å². The van der Waals surface area contributed by atoms with Crippen molar-refractivity contribution in [3.8, 4) is 5.75 Å². The summed E-state index contributed by atoms with van der Waals surface area (Å²) in [4.78, 5) is 37.5. The minimum atomic E-state index is -0.508. The predicted octanol–water partition coefficient (Wildman–Crippen LogP) is 3.07. The molecule has 1 aliphatic rings. The quantitative estimate of drug-likeness (QED) is 0.562. The lowest BCUT2D eigenvalue weighted by molar-refractivity contribution is -0.116. The highest BCUT2D eigenvalue weighted by Crippen LogP contribution is 2.30. The van der Waals surface area contributed by atoms with E-state index in [1.165, 1.54) is 25.1 Å². The third-order valence-corrected chi connectivity index (χ3v) is 4.53. The van der Waals surface area contributed by atoms with Crippen LogP contribution in [-0.4, -0.2) is 29.4 Å². The Morgan fingerprint density at radius 3 is 2.54 bits per heavy atom. The average molecular weight is 379 g/mol. The summed E-state index contributed by atoms with van der Waals surface area (Å²) in [5, 5.41) is 15.3. The summed E-state index contributed by atoms with van der Waals surface area (Å²) in [6.45, 7) is 5.59. The number of phenols is 1. The summed E-state index contributed by atoms with van der Waals surface area (Å²) in [7, 11) is 0. The van der Waals surface area contributed by atoms with Crippen LogP contribution < -0.4 is 15.5 Å². The van der Waals surface area contributed by atoms with Crippen molar-refractivity contribution in [3.05, 3.63) is 60.2 Å². The van der Waals surface area contributed by atoms with Crippen LogP contribution >= 0.6 is 0 Å². The number of anilines is 3. The van der Waals surface area contributed by atoms with Crippen LogP contribution in [0.2, 0.25) is 0 Å². The zero-order chi connectivity index (χ0) is 20.3. The van der Waals surface area contributed by atoms with E-state index >= 15 is 0 Å². The predicted molar refractivity (Wildman–Crippen MR) is 108 cm³/mol. The molecule has 3 N–H and O–H groups in total. The fourth-order valence-electron chi connectivity index (χ4n) is 3.19. The summed E-state index contributed by atoms with van der Waals surface area (Å²) < 4.78 is 0. The lowest BCUT2D eigenvalue weighted by Gasteiger charge is -2.29. The molecule has 3 amide bonds. The van der Waals surface area contributed by atoms with Crippen LogP contribution in [0.15, 0.2) is 49.1 Å². The van der Waals surface area contributed by atoms with Gasteiger partial charge >= 0.3 is 0 Å². The molecule has 7 heteroatoms. The zero-order valence-corrected chi connectivity index (χ0v) is 15.5. The highest BCUT2D eigenvalue weighted by atomic mass is 16.3. The van der Waals surface area contributed by atoms with Gasteiger partial charge < -0.3 is 20.6 Å². The van der Waals surface area contributed by atoms with Gasteiger partial charge in [0.1, 0.15) is 5.75 Å². The largest absolute Gasteiger partial charge is 0.507 e. The fourth-order valence-corrected chi connectivity index (χ4v) is 3.19. The van der Waals surface area contributed by atoms with Crippen LogP contribution in [0.3, 0.4) is 0 Å². The maximum absolute atomic E-state index is 12.6. The number of amides is 3. The Hall–Kier alpha value is -3.61. The van der Waals surface area contributed by atoms with Gasteiger partial charge in [-0.1, -0.05) is 6.58 Å². The van der Waals surface area contributed by atoms with Gasteiger partial charge in [0.15, 0.2) is 0 Å². The number of carbonyl (C=O) groups excluding carboxylic acids is 3. The van der Waals surface area contributed by atoms with Crippen molar-refractivity contribution in [2.24, 2.45) is 0 Å². The van der Waals surface area contributed by atoms with Gasteiger partial charge in [-0.25, -0.2) is 0 Å². The van der Waals surface area contributed by atoms with E-state index in [1.54, 1.807) is 11.0 Å². The van der Waals surface area contributed by atoms with Crippen LogP contribution in [0.25, 0.3) is 0 Å². The number of rotatable bonds is 4. The van der Waals surface area contributed by atoms with Crippen LogP contribution in [-0.2, 0) is 16.0 Å². The highest BCUT2D eigenvalue weighted by Gasteiger charge is 2.21. The summed E-state index contributed by atoms with van der Waals surface area (Å²) >= 11 is 0. The maximum Gasteiger partial charge on any atom is 0.259 e. The Kier molecular flexibility index (Phi) is 5.44. The molecule has 0 atom stereocenters. The smallest absolute Gasteiger partial charge is 0.259 e. The van der Waals surface area contributed by atoms with Crippen LogP contribution in [0.1, 0.15) is 29.3 Å². The number of nitrogens with zero attached hydrogens (tertiary/aromatic N) is 1. The minimum Gasteiger partial charge on any atom is -0.507 e. The molecule has 0 spiro atoms. The Balaban J connectivity index is 1.82. The molecule has 0 saturated carbocycles. The van der Waals surface area contributed by atoms with E-state index in [1.807, 2.05) is 12.1 Å². The van der Waals surface area contributed by atoms with Gasteiger partial charge in [0, 0.05) is 30.5 Å². The van der Waals surface area contributed by atoms with Gasteiger partial charge in [-0.2, -0.15) is 0 Å². The molecule has 0 saturated heterocycles. The molecular formula is C21H21N3O4. The minimum absolute atomic E-state index is 0.0129. The molecule has 1 heterocycles. The van der Waals surface area contributed by atoms with Gasteiger partial charge in [0.25, 0.3) is 5.91 Å². The first kappa shape index (κ1) is 19.2. The molecule has 3 rings (SSSR count). The van der Waals surface area contributed by atoms with Crippen molar-refractivity contribution < 1.29 is 19.5 Å². The molecule has 1 aliphatic heterocycles. The van der Waals surface area contributed by atoms with Crippen LogP contribution in [0.5, 0.6) is 5.75 Å². The first-order valence-corrected chi connectivity index (χ1v) is 8.88. The normalized spacial score (nSPS) is 12.7. The molecule has 144 valence electrons. The van der Waals surface area contributed by atoms with E-state index in [9.17, 15) is 19.5 Å². The molecule has 2 aromatic carbocycles. The number of hydrogen-bond donors (Lipinski definition) is 3. The van der Waals surface area contributed by atoms with E-state index in [0.717, 1.165) is 30.2 Å². The standard InChI is InChI=1S/C21H21N3O4/c1-3-20(27)22-16-7-9-19(26)17(12-16)21(28)23-15-6-8-18-14(11-15)5-4-10-24(18)13(2)25/h3,6-9,11-12,26H,1,4-5,10H2,2H3,(H,22,27)(H,23,28). The molecule has 0 bridgehead atoms. The van der Waals surface area contributed by atoms with Crippen molar-refractivity contribution in [1.82, 2.24) is 0 Å². The summed E-state index contributed by atoms with van der Waals surface area (Å²) in [6, 6.07) is 9.59. The number of nitrogens with one attached hydrogen (secondary N) is 2. The molecule has 0 aromatic heterocycles. The van der Waals surface area contributed by atoms with E-state index < -0.39 is 11.8 Å². The number of phenolic OH excluding ortho intramolecular Hbond substituents is 1. The lowest BCUT2D eigenvalue weighted by Crippen LogP contribution is -2.33. The van der Waals surface area contributed by atoms with Crippen molar-refractivity contribution >= 4 is 34.8 Å². The van der Waals surface area contributed by atoms with Gasteiger partial charge in [0.2, 0.25) is 11.8 Å². The summed E-state index contributed by atoms with van der Waals surface area (Å²) in [5.74, 6) is -1.14. The number of aromatic hydroxyl groups is 1. The fraction of sp³-hybridized carbons (Fsp3) is 0.190. The topological polar surface area (TPSA) is 98.7 Å². The first-order valence-electron chi connectivity index (χ1n) is 8.88. The Labute approximate surface area is 162 Å². The SMILES string of the molecule is C=CC(=O)Nc1ccc(O)c(C(=O)Nc2ccc3c(c2)CCCN3C(C)=O)c1. The number of hydrogen-bond acceptors (Lipinski definition) is 4. The molecule has 0 aliphatic carbocycles. The average Bonchev–Trinajstić information content (AvgIpc) is 2.68. The number of aryl methyl sites for hydroxylation is 1. The van der Waals surface area contributed by atoms with E-state index in [2.05, 4.69) is 17.2 Å². The molecule has 0 radical (unpaired) electrons.